The Morgan fingerprint density at radius 3 is 2.46 bits per heavy atom. The largest absolute Gasteiger partial charge is 0.323 e. The zero-order valence-electron chi connectivity index (χ0n) is 7.72. The molecule has 0 aliphatic rings. The summed E-state index contributed by atoms with van der Waals surface area (Å²) >= 11 is 0. The van der Waals surface area contributed by atoms with Crippen LogP contribution in [0.2, 0.25) is 0 Å². The molecular formula is C10H13F2N. The molecule has 3 heteroatoms. The van der Waals surface area contributed by atoms with E-state index in [1.54, 1.807) is 19.1 Å². The fourth-order valence-corrected chi connectivity index (χ4v) is 1.12. The summed E-state index contributed by atoms with van der Waals surface area (Å²) in [6.07, 6.45) is 0. The molecule has 13 heavy (non-hydrogen) atoms. The summed E-state index contributed by atoms with van der Waals surface area (Å²) in [5.74, 6) is -2.94. The smallest absolute Gasteiger partial charge is 0.287 e. The fraction of sp³-hybridized carbons (Fsp3) is 0.400. The molecule has 1 unspecified atom stereocenters. The molecule has 2 N–H and O–H groups in total. The Bertz CT molecular complexity index is 295. The fourth-order valence-electron chi connectivity index (χ4n) is 1.12. The van der Waals surface area contributed by atoms with Crippen LogP contribution in [0.25, 0.3) is 0 Å². The van der Waals surface area contributed by atoms with Gasteiger partial charge in [0.1, 0.15) is 0 Å². The minimum Gasteiger partial charge on any atom is -0.323 e. The number of halogens is 2. The number of hydrogen-bond donors (Lipinski definition) is 1. The highest BCUT2D eigenvalue weighted by molar-refractivity contribution is 5.26. The molecule has 1 atom stereocenters. The van der Waals surface area contributed by atoms with Crippen LogP contribution in [0.3, 0.4) is 0 Å². The van der Waals surface area contributed by atoms with Crippen LogP contribution in [-0.2, 0) is 5.92 Å². The number of hydrogen-bond acceptors (Lipinski definition) is 1. The van der Waals surface area contributed by atoms with Crippen molar-refractivity contribution in [3.63, 3.8) is 0 Å². The summed E-state index contributed by atoms with van der Waals surface area (Å²) in [5.41, 5.74) is 6.01. The van der Waals surface area contributed by atoms with E-state index in [1.807, 2.05) is 0 Å². The van der Waals surface area contributed by atoms with Crippen LogP contribution < -0.4 is 5.73 Å². The lowest BCUT2D eigenvalue weighted by molar-refractivity contribution is -0.0257. The zero-order valence-corrected chi connectivity index (χ0v) is 7.72. The first kappa shape index (κ1) is 10.1. The predicted octanol–water partition coefficient (Wildman–Crippen LogP) is 2.43. The molecular weight excluding hydrogens is 172 g/mol. The van der Waals surface area contributed by atoms with Crippen molar-refractivity contribution in [3.8, 4) is 0 Å². The van der Waals surface area contributed by atoms with Crippen LogP contribution in [-0.4, -0.2) is 6.04 Å². The standard InChI is InChI=1S/C10H13F2N/c1-7-4-3-5-9(6-7)10(11,12)8(2)13/h3-6,8H,13H2,1-2H3. The molecule has 1 aromatic carbocycles. The molecule has 0 bridgehead atoms. The quantitative estimate of drug-likeness (QED) is 0.752. The van der Waals surface area contributed by atoms with Gasteiger partial charge in [-0.1, -0.05) is 29.8 Å². The molecule has 0 aliphatic heterocycles. The molecule has 0 fully saturated rings. The molecule has 0 aliphatic carbocycles. The molecule has 1 aromatic rings. The van der Waals surface area contributed by atoms with Crippen LogP contribution in [0.5, 0.6) is 0 Å². The van der Waals surface area contributed by atoms with Crippen molar-refractivity contribution in [1.82, 2.24) is 0 Å². The van der Waals surface area contributed by atoms with E-state index in [0.717, 1.165) is 5.56 Å². The van der Waals surface area contributed by atoms with Crippen molar-refractivity contribution in [2.75, 3.05) is 0 Å². The molecule has 0 saturated carbocycles. The molecule has 0 saturated heterocycles. The van der Waals surface area contributed by atoms with Gasteiger partial charge in [0.15, 0.2) is 0 Å². The second-order valence-corrected chi connectivity index (χ2v) is 3.28. The van der Waals surface area contributed by atoms with Crippen molar-refractivity contribution in [3.05, 3.63) is 35.4 Å². The minimum absolute atomic E-state index is 0.0116. The summed E-state index contributed by atoms with van der Waals surface area (Å²) in [7, 11) is 0. The van der Waals surface area contributed by atoms with E-state index >= 15 is 0 Å². The number of aryl methyl sites for hydroxylation is 1. The Labute approximate surface area is 76.6 Å². The van der Waals surface area contributed by atoms with E-state index in [2.05, 4.69) is 0 Å². The molecule has 0 amide bonds. The van der Waals surface area contributed by atoms with Gasteiger partial charge in [0.05, 0.1) is 6.04 Å². The Hall–Kier alpha value is -0.960. The average molecular weight is 185 g/mol. The van der Waals surface area contributed by atoms with Crippen LogP contribution in [0, 0.1) is 6.92 Å². The molecule has 72 valence electrons. The summed E-state index contributed by atoms with van der Waals surface area (Å²) in [5, 5.41) is 0. The zero-order chi connectivity index (χ0) is 10.1. The van der Waals surface area contributed by atoms with E-state index in [-0.39, 0.29) is 5.56 Å². The van der Waals surface area contributed by atoms with Gasteiger partial charge in [0, 0.05) is 5.56 Å². The maximum atomic E-state index is 13.3. The number of benzene rings is 1. The van der Waals surface area contributed by atoms with Gasteiger partial charge in [-0.15, -0.1) is 0 Å². The first-order valence-electron chi connectivity index (χ1n) is 4.15. The maximum absolute atomic E-state index is 13.3. The average Bonchev–Trinajstić information content (AvgIpc) is 2.04. The van der Waals surface area contributed by atoms with Crippen molar-refractivity contribution in [1.29, 1.82) is 0 Å². The van der Waals surface area contributed by atoms with Gasteiger partial charge in [-0.05, 0) is 13.8 Å². The number of rotatable bonds is 2. The summed E-state index contributed by atoms with van der Waals surface area (Å²) in [6, 6.07) is 5.09. The topological polar surface area (TPSA) is 26.0 Å². The minimum atomic E-state index is -2.94. The van der Waals surface area contributed by atoms with E-state index in [1.165, 1.54) is 19.1 Å². The van der Waals surface area contributed by atoms with Crippen molar-refractivity contribution in [2.45, 2.75) is 25.8 Å². The highest BCUT2D eigenvalue weighted by atomic mass is 19.3. The van der Waals surface area contributed by atoms with Crippen molar-refractivity contribution < 1.29 is 8.78 Å². The van der Waals surface area contributed by atoms with Gasteiger partial charge in [-0.25, -0.2) is 0 Å². The third-order valence-corrected chi connectivity index (χ3v) is 1.97. The van der Waals surface area contributed by atoms with Gasteiger partial charge in [-0.2, -0.15) is 8.78 Å². The van der Waals surface area contributed by atoms with Crippen LogP contribution in [0.15, 0.2) is 24.3 Å². The second-order valence-electron chi connectivity index (χ2n) is 3.28. The van der Waals surface area contributed by atoms with Gasteiger partial charge >= 0.3 is 0 Å². The summed E-state index contributed by atoms with van der Waals surface area (Å²) in [4.78, 5) is 0. The van der Waals surface area contributed by atoms with Crippen molar-refractivity contribution in [2.24, 2.45) is 5.73 Å². The number of alkyl halides is 2. The SMILES string of the molecule is Cc1cccc(C(F)(F)C(C)N)c1. The first-order valence-corrected chi connectivity index (χ1v) is 4.15. The van der Waals surface area contributed by atoms with Crippen LogP contribution in [0.1, 0.15) is 18.1 Å². The number of nitrogens with two attached hydrogens (primary N) is 1. The second kappa shape index (κ2) is 3.42. The normalized spacial score (nSPS) is 14.2. The lowest BCUT2D eigenvalue weighted by Crippen LogP contribution is -2.35. The van der Waals surface area contributed by atoms with E-state index in [9.17, 15) is 8.78 Å². The highest BCUT2D eigenvalue weighted by Gasteiger charge is 2.35. The summed E-state index contributed by atoms with van der Waals surface area (Å²) in [6.45, 7) is 3.09. The van der Waals surface area contributed by atoms with E-state index in [0.29, 0.717) is 0 Å². The van der Waals surface area contributed by atoms with E-state index < -0.39 is 12.0 Å². The highest BCUT2D eigenvalue weighted by Crippen LogP contribution is 2.30. The molecule has 1 nitrogen and oxygen atoms in total. The van der Waals surface area contributed by atoms with Gasteiger partial charge in [0.2, 0.25) is 0 Å². The third kappa shape index (κ3) is 2.04. The van der Waals surface area contributed by atoms with Gasteiger partial charge in [0.25, 0.3) is 5.92 Å². The molecule has 0 heterocycles. The van der Waals surface area contributed by atoms with Crippen LogP contribution in [0.4, 0.5) is 8.78 Å². The predicted molar refractivity (Wildman–Crippen MR) is 48.7 cm³/mol. The molecule has 1 rings (SSSR count). The Balaban J connectivity index is 3.07. The first-order chi connectivity index (χ1) is 5.94. The molecule has 0 spiro atoms. The van der Waals surface area contributed by atoms with E-state index in [4.69, 9.17) is 5.73 Å². The molecule has 0 aromatic heterocycles. The summed E-state index contributed by atoms with van der Waals surface area (Å²) < 4.78 is 26.7. The third-order valence-electron chi connectivity index (χ3n) is 1.97. The lowest BCUT2D eigenvalue weighted by Gasteiger charge is -2.20. The maximum Gasteiger partial charge on any atom is 0.287 e. The monoisotopic (exact) mass is 185 g/mol. The van der Waals surface area contributed by atoms with Crippen molar-refractivity contribution >= 4 is 0 Å². The molecule has 0 radical (unpaired) electrons. The Morgan fingerprint density at radius 1 is 1.38 bits per heavy atom. The lowest BCUT2D eigenvalue weighted by atomic mass is 10.0. The van der Waals surface area contributed by atoms with Gasteiger partial charge < -0.3 is 5.73 Å². The Morgan fingerprint density at radius 2 is 2.00 bits per heavy atom. The van der Waals surface area contributed by atoms with Crippen LogP contribution >= 0.6 is 0 Å². The Kier molecular flexibility index (Phi) is 2.66. The van der Waals surface area contributed by atoms with Gasteiger partial charge in [-0.3, -0.25) is 0 Å².